The van der Waals surface area contributed by atoms with E-state index in [0.717, 1.165) is 31.5 Å². The zero-order chi connectivity index (χ0) is 20.9. The SMILES string of the molecule is Cc1ncc(-c2ccc(C(=O)N3CCCCC3)cc2)nc1C(=O)Nc1ccccc1.[HH].[HH]. The van der Waals surface area contributed by atoms with Crippen LogP contribution < -0.4 is 5.32 Å². The number of carbonyl (C=O) groups excluding carboxylic acids is 2. The number of nitrogens with zero attached hydrogens (tertiary/aromatic N) is 3. The molecular weight excluding hydrogens is 376 g/mol. The highest BCUT2D eigenvalue weighted by molar-refractivity contribution is 6.03. The van der Waals surface area contributed by atoms with E-state index >= 15 is 0 Å². The molecule has 0 radical (unpaired) electrons. The molecule has 0 spiro atoms. The Bertz CT molecular complexity index is 1050. The molecule has 6 nitrogen and oxygen atoms in total. The maximum atomic E-state index is 12.7. The lowest BCUT2D eigenvalue weighted by molar-refractivity contribution is 0.0724. The molecule has 156 valence electrons. The zero-order valence-electron chi connectivity index (χ0n) is 17.0. The second-order valence-corrected chi connectivity index (χ2v) is 7.44. The van der Waals surface area contributed by atoms with Crippen LogP contribution in [0.15, 0.2) is 60.8 Å². The van der Waals surface area contributed by atoms with E-state index in [2.05, 4.69) is 15.3 Å². The van der Waals surface area contributed by atoms with Crippen molar-refractivity contribution < 1.29 is 12.4 Å². The molecule has 1 aliphatic rings. The molecule has 2 amide bonds. The van der Waals surface area contributed by atoms with Gasteiger partial charge in [0.05, 0.1) is 17.6 Å². The number of hydrogen-bond donors (Lipinski definition) is 1. The quantitative estimate of drug-likeness (QED) is 0.676. The second-order valence-electron chi connectivity index (χ2n) is 7.44. The topological polar surface area (TPSA) is 75.2 Å². The van der Waals surface area contributed by atoms with E-state index in [1.807, 2.05) is 59.5 Å². The Morgan fingerprint density at radius 2 is 1.67 bits per heavy atom. The summed E-state index contributed by atoms with van der Waals surface area (Å²) < 4.78 is 0. The van der Waals surface area contributed by atoms with Gasteiger partial charge in [-0.3, -0.25) is 14.6 Å². The van der Waals surface area contributed by atoms with Crippen molar-refractivity contribution in [2.75, 3.05) is 18.4 Å². The Morgan fingerprint density at radius 1 is 0.967 bits per heavy atom. The molecule has 0 unspecified atom stereocenters. The first-order valence-electron chi connectivity index (χ1n) is 10.2. The number of para-hydroxylation sites is 1. The van der Waals surface area contributed by atoms with Gasteiger partial charge in [-0.2, -0.15) is 0 Å². The summed E-state index contributed by atoms with van der Waals surface area (Å²) in [4.78, 5) is 36.1. The summed E-state index contributed by atoms with van der Waals surface area (Å²) in [6.07, 6.45) is 4.97. The van der Waals surface area contributed by atoms with Gasteiger partial charge in [-0.25, -0.2) is 4.98 Å². The maximum Gasteiger partial charge on any atom is 0.276 e. The minimum atomic E-state index is -0.301. The van der Waals surface area contributed by atoms with Crippen molar-refractivity contribution in [3.8, 4) is 11.3 Å². The van der Waals surface area contributed by atoms with Gasteiger partial charge in [-0.1, -0.05) is 30.3 Å². The summed E-state index contributed by atoms with van der Waals surface area (Å²) in [7, 11) is 0. The number of benzene rings is 2. The molecule has 1 aromatic heterocycles. The predicted molar refractivity (Wildman–Crippen MR) is 121 cm³/mol. The van der Waals surface area contributed by atoms with Crippen LogP contribution in [0, 0.1) is 6.92 Å². The molecule has 3 aromatic rings. The first-order valence-corrected chi connectivity index (χ1v) is 10.2. The molecule has 1 aliphatic heterocycles. The molecule has 30 heavy (non-hydrogen) atoms. The van der Waals surface area contributed by atoms with Gasteiger partial charge in [0.15, 0.2) is 0 Å². The van der Waals surface area contributed by atoms with E-state index in [-0.39, 0.29) is 20.4 Å². The smallest absolute Gasteiger partial charge is 0.276 e. The van der Waals surface area contributed by atoms with Crippen LogP contribution in [0.2, 0.25) is 0 Å². The van der Waals surface area contributed by atoms with Crippen LogP contribution in [0.5, 0.6) is 0 Å². The first kappa shape index (κ1) is 19.8. The van der Waals surface area contributed by atoms with Gasteiger partial charge < -0.3 is 10.2 Å². The Hall–Kier alpha value is -3.54. The molecule has 2 aromatic carbocycles. The summed E-state index contributed by atoms with van der Waals surface area (Å²) >= 11 is 0. The fourth-order valence-corrected chi connectivity index (χ4v) is 3.58. The number of aromatic nitrogens is 2. The molecule has 4 rings (SSSR count). The third-order valence-electron chi connectivity index (χ3n) is 5.27. The van der Waals surface area contributed by atoms with Crippen LogP contribution >= 0.6 is 0 Å². The van der Waals surface area contributed by atoms with Gasteiger partial charge in [0.2, 0.25) is 0 Å². The van der Waals surface area contributed by atoms with Crippen molar-refractivity contribution >= 4 is 17.5 Å². The Morgan fingerprint density at radius 3 is 2.37 bits per heavy atom. The number of piperidine rings is 1. The maximum absolute atomic E-state index is 12.7. The lowest BCUT2D eigenvalue weighted by Crippen LogP contribution is -2.35. The number of carbonyl (C=O) groups is 2. The van der Waals surface area contributed by atoms with Gasteiger partial charge in [-0.15, -0.1) is 0 Å². The number of anilines is 1. The summed E-state index contributed by atoms with van der Waals surface area (Å²) in [6.45, 7) is 3.41. The molecule has 1 saturated heterocycles. The monoisotopic (exact) mass is 404 g/mol. The molecule has 0 saturated carbocycles. The Balaban J connectivity index is 0.00000181. The third kappa shape index (κ3) is 4.38. The molecule has 2 heterocycles. The number of aryl methyl sites for hydroxylation is 1. The van der Waals surface area contributed by atoms with Crippen molar-refractivity contribution in [1.82, 2.24) is 14.9 Å². The van der Waals surface area contributed by atoms with Crippen LogP contribution in [0.1, 0.15) is 48.7 Å². The molecule has 0 atom stereocenters. The van der Waals surface area contributed by atoms with Crippen LogP contribution in [-0.4, -0.2) is 39.8 Å². The van der Waals surface area contributed by atoms with E-state index in [4.69, 9.17) is 0 Å². The van der Waals surface area contributed by atoms with Gasteiger partial charge in [0, 0.05) is 32.8 Å². The van der Waals surface area contributed by atoms with E-state index in [9.17, 15) is 9.59 Å². The minimum absolute atomic E-state index is 0. The van der Waals surface area contributed by atoms with Crippen LogP contribution in [-0.2, 0) is 0 Å². The largest absolute Gasteiger partial charge is 0.339 e. The summed E-state index contributed by atoms with van der Waals surface area (Å²) in [5, 5.41) is 2.85. The summed E-state index contributed by atoms with van der Waals surface area (Å²) in [6, 6.07) is 16.6. The number of amides is 2. The fraction of sp³-hybridized carbons (Fsp3) is 0.250. The summed E-state index contributed by atoms with van der Waals surface area (Å²) in [5.41, 5.74) is 3.62. The van der Waals surface area contributed by atoms with Crippen molar-refractivity contribution in [3.63, 3.8) is 0 Å². The average Bonchev–Trinajstić information content (AvgIpc) is 2.80. The minimum Gasteiger partial charge on any atom is -0.339 e. The summed E-state index contributed by atoms with van der Waals surface area (Å²) in [5.74, 6) is -0.232. The molecule has 1 N–H and O–H groups in total. The highest BCUT2D eigenvalue weighted by Gasteiger charge is 2.18. The fourth-order valence-electron chi connectivity index (χ4n) is 3.58. The third-order valence-corrected chi connectivity index (χ3v) is 5.27. The number of rotatable bonds is 4. The number of likely N-dealkylation sites (tertiary alicyclic amines) is 1. The highest BCUT2D eigenvalue weighted by Crippen LogP contribution is 2.20. The predicted octanol–water partition coefficient (Wildman–Crippen LogP) is 4.82. The van der Waals surface area contributed by atoms with Crippen molar-refractivity contribution in [2.45, 2.75) is 26.2 Å². The first-order chi connectivity index (χ1) is 14.6. The molecule has 0 bridgehead atoms. The lowest BCUT2D eigenvalue weighted by atomic mass is 10.1. The van der Waals surface area contributed by atoms with Crippen molar-refractivity contribution in [3.05, 3.63) is 77.7 Å². The molecule has 0 aliphatic carbocycles. The van der Waals surface area contributed by atoms with Crippen molar-refractivity contribution in [2.24, 2.45) is 0 Å². The molecular formula is C24H28N4O2. The van der Waals surface area contributed by atoms with Crippen LogP contribution in [0.4, 0.5) is 5.69 Å². The normalized spacial score (nSPS) is 13.7. The van der Waals surface area contributed by atoms with E-state index < -0.39 is 0 Å². The average molecular weight is 405 g/mol. The van der Waals surface area contributed by atoms with Crippen LogP contribution in [0.3, 0.4) is 0 Å². The Kier molecular flexibility index (Phi) is 5.84. The number of hydrogen-bond acceptors (Lipinski definition) is 4. The van der Waals surface area contributed by atoms with Gasteiger partial charge >= 0.3 is 0 Å². The van der Waals surface area contributed by atoms with E-state index in [1.165, 1.54) is 6.42 Å². The standard InChI is InChI=1S/C24H24N4O2.2H2/c1-17-22(23(29)26-20-8-4-2-5-9-20)27-21(16-25-17)18-10-12-19(13-11-18)24(30)28-14-6-3-7-15-28;;/h2,4-5,8-13,16H,3,6-7,14-15H2,1H3,(H,26,29);2*1H. The zero-order valence-corrected chi connectivity index (χ0v) is 17.0. The number of nitrogens with one attached hydrogen (secondary N) is 1. The van der Waals surface area contributed by atoms with Gasteiger partial charge in [0.1, 0.15) is 5.69 Å². The van der Waals surface area contributed by atoms with Crippen molar-refractivity contribution in [1.29, 1.82) is 0 Å². The molecule has 1 fully saturated rings. The van der Waals surface area contributed by atoms with Crippen LogP contribution in [0.25, 0.3) is 11.3 Å². The Labute approximate surface area is 179 Å². The van der Waals surface area contributed by atoms with Gasteiger partial charge in [-0.05, 0) is 50.5 Å². The highest BCUT2D eigenvalue weighted by atomic mass is 16.2. The second kappa shape index (κ2) is 8.86. The van der Waals surface area contributed by atoms with E-state index in [1.54, 1.807) is 13.1 Å². The molecule has 6 heteroatoms. The van der Waals surface area contributed by atoms with Gasteiger partial charge in [0.25, 0.3) is 11.8 Å². The lowest BCUT2D eigenvalue weighted by Gasteiger charge is -2.26. The van der Waals surface area contributed by atoms with E-state index in [0.29, 0.717) is 22.6 Å².